The van der Waals surface area contributed by atoms with Crippen molar-refractivity contribution < 1.29 is 9.72 Å². The van der Waals surface area contributed by atoms with E-state index in [1.54, 1.807) is 0 Å². The van der Waals surface area contributed by atoms with Gasteiger partial charge in [0.2, 0.25) is 0 Å². The molecular formula is C16H16N4O3S. The van der Waals surface area contributed by atoms with Gasteiger partial charge in [-0.3, -0.25) is 25.8 Å². The van der Waals surface area contributed by atoms with Crippen LogP contribution in [0.25, 0.3) is 0 Å². The first kappa shape index (κ1) is 17.4. The summed E-state index contributed by atoms with van der Waals surface area (Å²) < 4.78 is 0. The van der Waals surface area contributed by atoms with E-state index in [9.17, 15) is 14.9 Å². The summed E-state index contributed by atoms with van der Waals surface area (Å²) in [5, 5.41) is 13.8. The Kier molecular flexibility index (Phi) is 5.80. The minimum absolute atomic E-state index is 0.0760. The molecule has 0 heterocycles. The second-order valence-corrected chi connectivity index (χ2v) is 5.26. The Bertz CT molecular complexity index is 762. The molecule has 0 saturated carbocycles. The first-order chi connectivity index (χ1) is 11.5. The van der Waals surface area contributed by atoms with E-state index in [1.807, 2.05) is 31.2 Å². The lowest BCUT2D eigenvalue weighted by Crippen LogP contribution is -2.43. The van der Waals surface area contributed by atoms with Gasteiger partial charge in [-0.2, -0.15) is 0 Å². The van der Waals surface area contributed by atoms with Gasteiger partial charge in [-0.1, -0.05) is 25.1 Å². The van der Waals surface area contributed by atoms with Crippen LogP contribution in [0.4, 0.5) is 11.4 Å². The number of hydrogen-bond donors (Lipinski definition) is 3. The zero-order valence-electron chi connectivity index (χ0n) is 12.9. The Balaban J connectivity index is 1.91. The second kappa shape index (κ2) is 8.02. The zero-order valence-corrected chi connectivity index (χ0v) is 13.7. The van der Waals surface area contributed by atoms with Gasteiger partial charge in [-0.15, -0.1) is 0 Å². The molecule has 0 aliphatic heterocycles. The third-order valence-corrected chi connectivity index (χ3v) is 3.48. The molecule has 0 fully saturated rings. The molecule has 0 aliphatic rings. The number of carbonyl (C=O) groups excluding carboxylic acids is 1. The summed E-state index contributed by atoms with van der Waals surface area (Å²) in [5.74, 6) is -0.446. The number of carbonyl (C=O) groups is 1. The van der Waals surface area contributed by atoms with Gasteiger partial charge >= 0.3 is 0 Å². The molecule has 0 atom stereocenters. The van der Waals surface area contributed by atoms with E-state index in [0.29, 0.717) is 0 Å². The van der Waals surface area contributed by atoms with E-state index in [4.69, 9.17) is 12.2 Å². The van der Waals surface area contributed by atoms with Crippen molar-refractivity contribution in [3.05, 3.63) is 69.8 Å². The zero-order chi connectivity index (χ0) is 17.5. The van der Waals surface area contributed by atoms with Gasteiger partial charge in [0.1, 0.15) is 0 Å². The van der Waals surface area contributed by atoms with Gasteiger partial charge in [-0.25, -0.2) is 0 Å². The first-order valence-corrected chi connectivity index (χ1v) is 7.61. The molecule has 0 aromatic heterocycles. The summed E-state index contributed by atoms with van der Waals surface area (Å²) in [6.07, 6.45) is 0.848. The second-order valence-electron chi connectivity index (χ2n) is 4.85. The number of non-ortho nitro benzene ring substituents is 1. The average molecular weight is 344 g/mol. The number of aryl methyl sites for hydroxylation is 1. The molecule has 7 nitrogen and oxygen atoms in total. The number of nitrogens with one attached hydrogen (secondary N) is 3. The Morgan fingerprint density at radius 2 is 1.79 bits per heavy atom. The Labute approximate surface area is 144 Å². The van der Waals surface area contributed by atoms with Crippen LogP contribution >= 0.6 is 12.2 Å². The minimum Gasteiger partial charge on any atom is -0.331 e. The molecule has 2 aromatic rings. The number of hydrogen-bond acceptors (Lipinski definition) is 4. The van der Waals surface area contributed by atoms with Crippen LogP contribution in [-0.4, -0.2) is 15.9 Å². The number of nitrogens with zero attached hydrogens (tertiary/aromatic N) is 1. The first-order valence-electron chi connectivity index (χ1n) is 7.21. The van der Waals surface area contributed by atoms with Crippen molar-refractivity contribution in [2.45, 2.75) is 13.3 Å². The van der Waals surface area contributed by atoms with Crippen molar-refractivity contribution in [3.8, 4) is 0 Å². The highest BCUT2D eigenvalue weighted by atomic mass is 32.1. The number of anilines is 1. The van der Waals surface area contributed by atoms with Crippen molar-refractivity contribution in [2.75, 3.05) is 5.32 Å². The van der Waals surface area contributed by atoms with Crippen LogP contribution in [0.3, 0.4) is 0 Å². The standard InChI is InChI=1S/C16H16N4O3S/c1-2-11-5-3-4-6-14(11)17-16(24)19-18-15(21)12-7-9-13(10-8-12)20(22)23/h3-10H,2H2,1H3,(H,18,21)(H2,17,19,24). The highest BCUT2D eigenvalue weighted by molar-refractivity contribution is 7.80. The third kappa shape index (κ3) is 4.50. The number of para-hydroxylation sites is 1. The van der Waals surface area contributed by atoms with Crippen molar-refractivity contribution >= 4 is 34.6 Å². The summed E-state index contributed by atoms with van der Waals surface area (Å²) in [7, 11) is 0. The summed E-state index contributed by atoms with van der Waals surface area (Å²) in [6, 6.07) is 13.0. The van der Waals surface area contributed by atoms with Gasteiger partial charge < -0.3 is 5.32 Å². The van der Waals surface area contributed by atoms with Gasteiger partial charge in [0.25, 0.3) is 11.6 Å². The van der Waals surface area contributed by atoms with Crippen LogP contribution < -0.4 is 16.2 Å². The molecule has 1 amide bonds. The summed E-state index contributed by atoms with van der Waals surface area (Å²) in [6.45, 7) is 2.04. The van der Waals surface area contributed by atoms with Gasteiger partial charge in [-0.05, 0) is 42.4 Å². The predicted molar refractivity (Wildman–Crippen MR) is 95.7 cm³/mol. The Morgan fingerprint density at radius 1 is 1.12 bits per heavy atom. The average Bonchev–Trinajstić information content (AvgIpc) is 2.60. The van der Waals surface area contributed by atoms with Crippen molar-refractivity contribution in [1.82, 2.24) is 10.9 Å². The fourth-order valence-corrected chi connectivity index (χ4v) is 2.19. The summed E-state index contributed by atoms with van der Waals surface area (Å²) in [4.78, 5) is 22.0. The summed E-state index contributed by atoms with van der Waals surface area (Å²) >= 11 is 5.14. The van der Waals surface area contributed by atoms with Crippen molar-refractivity contribution in [2.24, 2.45) is 0 Å². The molecule has 0 radical (unpaired) electrons. The number of thiocarbonyl (C=S) groups is 1. The molecule has 24 heavy (non-hydrogen) atoms. The molecule has 0 aliphatic carbocycles. The number of nitro groups is 1. The topological polar surface area (TPSA) is 96.3 Å². The number of amides is 1. The van der Waals surface area contributed by atoms with Crippen LogP contribution in [0.15, 0.2) is 48.5 Å². The number of hydrazine groups is 1. The molecule has 3 N–H and O–H groups in total. The lowest BCUT2D eigenvalue weighted by Gasteiger charge is -2.14. The maximum Gasteiger partial charge on any atom is 0.269 e. The van der Waals surface area contributed by atoms with E-state index in [1.165, 1.54) is 24.3 Å². The molecule has 0 saturated heterocycles. The van der Waals surface area contributed by atoms with Crippen LogP contribution in [0.2, 0.25) is 0 Å². The predicted octanol–water partition coefficient (Wildman–Crippen LogP) is 2.79. The van der Waals surface area contributed by atoms with E-state index in [2.05, 4.69) is 16.2 Å². The Morgan fingerprint density at radius 3 is 2.42 bits per heavy atom. The number of nitro benzene ring substituents is 1. The van der Waals surface area contributed by atoms with Crippen molar-refractivity contribution in [1.29, 1.82) is 0 Å². The smallest absolute Gasteiger partial charge is 0.269 e. The van der Waals surface area contributed by atoms with Crippen LogP contribution in [0.1, 0.15) is 22.8 Å². The number of benzene rings is 2. The molecule has 2 rings (SSSR count). The normalized spacial score (nSPS) is 9.88. The third-order valence-electron chi connectivity index (χ3n) is 3.28. The van der Waals surface area contributed by atoms with Crippen molar-refractivity contribution in [3.63, 3.8) is 0 Å². The lowest BCUT2D eigenvalue weighted by molar-refractivity contribution is -0.384. The largest absolute Gasteiger partial charge is 0.331 e. The van der Waals surface area contributed by atoms with Crippen LogP contribution in [0, 0.1) is 10.1 Å². The molecule has 124 valence electrons. The van der Waals surface area contributed by atoms with Crippen LogP contribution in [-0.2, 0) is 6.42 Å². The highest BCUT2D eigenvalue weighted by Gasteiger charge is 2.10. The van der Waals surface area contributed by atoms with E-state index >= 15 is 0 Å². The quantitative estimate of drug-likeness (QED) is 0.448. The fraction of sp³-hybridized carbons (Fsp3) is 0.125. The molecular weight excluding hydrogens is 328 g/mol. The lowest BCUT2D eigenvalue weighted by atomic mass is 10.1. The van der Waals surface area contributed by atoms with E-state index in [0.717, 1.165) is 17.7 Å². The van der Waals surface area contributed by atoms with E-state index in [-0.39, 0.29) is 16.4 Å². The highest BCUT2D eigenvalue weighted by Crippen LogP contribution is 2.15. The molecule has 2 aromatic carbocycles. The van der Waals surface area contributed by atoms with E-state index < -0.39 is 10.8 Å². The van der Waals surface area contributed by atoms with Gasteiger partial charge in [0.05, 0.1) is 4.92 Å². The fourth-order valence-electron chi connectivity index (χ4n) is 2.02. The Hall–Kier alpha value is -3.00. The maximum absolute atomic E-state index is 12.0. The minimum atomic E-state index is -0.524. The van der Waals surface area contributed by atoms with Crippen LogP contribution in [0.5, 0.6) is 0 Å². The molecule has 0 unspecified atom stereocenters. The molecule has 0 spiro atoms. The molecule has 8 heteroatoms. The van der Waals surface area contributed by atoms with Gasteiger partial charge in [0, 0.05) is 23.4 Å². The number of rotatable bonds is 4. The molecule has 0 bridgehead atoms. The summed E-state index contributed by atoms with van der Waals surface area (Å²) in [5.41, 5.74) is 7.22. The van der Waals surface area contributed by atoms with Gasteiger partial charge in [0.15, 0.2) is 5.11 Å². The SMILES string of the molecule is CCc1ccccc1NC(=S)NNC(=O)c1ccc([N+](=O)[O-])cc1. The monoisotopic (exact) mass is 344 g/mol. The maximum atomic E-state index is 12.0.